The van der Waals surface area contributed by atoms with Gasteiger partial charge in [0.15, 0.2) is 5.13 Å². The predicted molar refractivity (Wildman–Crippen MR) is 125 cm³/mol. The number of aryl methyl sites for hydroxylation is 1. The van der Waals surface area contributed by atoms with Crippen molar-refractivity contribution < 1.29 is 14.4 Å². The number of anilines is 1. The number of hydrogen-bond acceptors (Lipinski definition) is 6. The van der Waals surface area contributed by atoms with Crippen molar-refractivity contribution in [2.24, 2.45) is 5.92 Å². The third-order valence-electron chi connectivity index (χ3n) is 6.18. The zero-order chi connectivity index (χ0) is 23.2. The van der Waals surface area contributed by atoms with E-state index in [1.165, 1.54) is 35.1 Å². The number of fused-ring (bicyclic) bond motifs is 1. The first-order chi connectivity index (χ1) is 15.0. The largest absolute Gasteiger partial charge is 0.298 e. The van der Waals surface area contributed by atoms with E-state index in [1.54, 1.807) is 12.1 Å². The number of amides is 3. The number of imide groups is 1. The smallest absolute Gasteiger partial charge is 0.262 e. The summed E-state index contributed by atoms with van der Waals surface area (Å²) in [6.07, 6.45) is 2.43. The molecular weight excluding hydrogens is 424 g/mol. The van der Waals surface area contributed by atoms with Gasteiger partial charge in [-0.3, -0.25) is 29.5 Å². The van der Waals surface area contributed by atoms with Crippen molar-refractivity contribution in [2.75, 3.05) is 18.4 Å². The summed E-state index contributed by atoms with van der Waals surface area (Å²) >= 11 is 1.49. The average molecular weight is 455 g/mol. The number of nitrogens with one attached hydrogen (secondary N) is 1. The van der Waals surface area contributed by atoms with Gasteiger partial charge in [0.25, 0.3) is 17.7 Å². The van der Waals surface area contributed by atoms with E-state index >= 15 is 0 Å². The number of piperidine rings is 1. The van der Waals surface area contributed by atoms with Crippen molar-refractivity contribution >= 4 is 34.2 Å². The van der Waals surface area contributed by atoms with Crippen LogP contribution >= 0.6 is 11.3 Å². The van der Waals surface area contributed by atoms with Crippen molar-refractivity contribution in [2.45, 2.75) is 59.5 Å². The van der Waals surface area contributed by atoms with Gasteiger partial charge in [-0.25, -0.2) is 4.98 Å². The highest BCUT2D eigenvalue weighted by molar-refractivity contribution is 7.15. The van der Waals surface area contributed by atoms with E-state index in [0.29, 0.717) is 16.3 Å². The first kappa shape index (κ1) is 22.6. The number of aromatic nitrogens is 1. The summed E-state index contributed by atoms with van der Waals surface area (Å²) in [6, 6.07) is 4.65. The molecule has 0 aliphatic carbocycles. The molecule has 0 atom stereocenters. The van der Waals surface area contributed by atoms with E-state index in [0.717, 1.165) is 36.1 Å². The second-order valence-electron chi connectivity index (χ2n) is 9.82. The molecule has 3 heterocycles. The fraction of sp³-hybridized carbons (Fsp3) is 0.500. The molecule has 7 nitrogen and oxygen atoms in total. The monoisotopic (exact) mass is 454 g/mol. The maximum absolute atomic E-state index is 12.9. The number of benzene rings is 1. The molecule has 1 fully saturated rings. The van der Waals surface area contributed by atoms with Gasteiger partial charge in [0.1, 0.15) is 0 Å². The van der Waals surface area contributed by atoms with Crippen molar-refractivity contribution in [3.8, 4) is 0 Å². The van der Waals surface area contributed by atoms with Crippen LogP contribution in [0.3, 0.4) is 0 Å². The van der Waals surface area contributed by atoms with E-state index < -0.39 is 5.54 Å². The van der Waals surface area contributed by atoms with E-state index in [4.69, 9.17) is 0 Å². The van der Waals surface area contributed by atoms with Crippen LogP contribution in [0.1, 0.15) is 82.2 Å². The van der Waals surface area contributed by atoms with Crippen LogP contribution in [0.5, 0.6) is 0 Å². The predicted octanol–water partition coefficient (Wildman–Crippen LogP) is 4.33. The first-order valence-electron chi connectivity index (χ1n) is 11.1. The summed E-state index contributed by atoms with van der Waals surface area (Å²) in [5.74, 6) is -0.241. The molecule has 2 aliphatic heterocycles. The minimum absolute atomic E-state index is 0.271. The summed E-state index contributed by atoms with van der Waals surface area (Å²) in [6.45, 7) is 12.7. The van der Waals surface area contributed by atoms with Gasteiger partial charge in [0.2, 0.25) is 0 Å². The quantitative estimate of drug-likeness (QED) is 0.696. The van der Waals surface area contributed by atoms with Gasteiger partial charge >= 0.3 is 0 Å². The number of carbonyl (C=O) groups is 3. The highest BCUT2D eigenvalue weighted by atomic mass is 32.1. The maximum Gasteiger partial charge on any atom is 0.262 e. The molecule has 32 heavy (non-hydrogen) atoms. The molecule has 170 valence electrons. The fourth-order valence-corrected chi connectivity index (χ4v) is 5.21. The third-order valence-corrected chi connectivity index (χ3v) is 7.23. The molecule has 1 saturated heterocycles. The molecule has 0 radical (unpaired) electrons. The van der Waals surface area contributed by atoms with Crippen LogP contribution in [0.15, 0.2) is 18.2 Å². The van der Waals surface area contributed by atoms with Crippen molar-refractivity contribution in [3.05, 3.63) is 45.5 Å². The SMILES string of the molecule is Cc1nc(NC(=O)c2ccc3c(c2)C(=O)N(C(C)(C)C)C3=O)sc1CN1CCC(C)CC1. The standard InChI is InChI=1S/C24H30N4O3S/c1-14-8-10-27(11-9-14)13-19-15(2)25-23(32-19)26-20(29)16-6-7-17-18(12-16)22(31)28(21(17)30)24(3,4)5/h6-7,12,14H,8-11,13H2,1-5H3,(H,25,26,29). The van der Waals surface area contributed by atoms with Crippen LogP contribution in [0.25, 0.3) is 0 Å². The molecule has 1 aromatic heterocycles. The Balaban J connectivity index is 1.47. The Hall–Kier alpha value is -2.58. The van der Waals surface area contributed by atoms with E-state index in [2.05, 4.69) is 22.1 Å². The Morgan fingerprint density at radius 1 is 1.16 bits per heavy atom. The molecule has 8 heteroatoms. The highest BCUT2D eigenvalue weighted by Crippen LogP contribution is 2.31. The summed E-state index contributed by atoms with van der Waals surface area (Å²) in [4.78, 5) is 47.7. The topological polar surface area (TPSA) is 82.6 Å². The zero-order valence-corrected chi connectivity index (χ0v) is 20.1. The minimum atomic E-state index is -0.628. The normalized spacial score (nSPS) is 17.7. The molecular formula is C24H30N4O3S. The molecule has 1 aromatic carbocycles. The molecule has 0 spiro atoms. The Kier molecular flexibility index (Phi) is 5.94. The fourth-order valence-electron chi connectivity index (χ4n) is 4.21. The maximum atomic E-state index is 12.9. The molecule has 0 saturated carbocycles. The van der Waals surface area contributed by atoms with Gasteiger partial charge in [-0.05, 0) is 77.7 Å². The van der Waals surface area contributed by atoms with Crippen molar-refractivity contribution in [1.82, 2.24) is 14.8 Å². The molecule has 0 bridgehead atoms. The van der Waals surface area contributed by atoms with E-state index in [9.17, 15) is 14.4 Å². The van der Waals surface area contributed by atoms with Crippen LogP contribution < -0.4 is 5.32 Å². The Morgan fingerprint density at radius 3 is 2.47 bits per heavy atom. The molecule has 4 rings (SSSR count). The van der Waals surface area contributed by atoms with Gasteiger partial charge in [0.05, 0.1) is 16.8 Å². The zero-order valence-electron chi connectivity index (χ0n) is 19.3. The lowest BCUT2D eigenvalue weighted by Gasteiger charge is -2.29. The lowest BCUT2D eigenvalue weighted by atomic mass is 9.99. The minimum Gasteiger partial charge on any atom is -0.298 e. The van der Waals surface area contributed by atoms with Crippen LogP contribution in [0.2, 0.25) is 0 Å². The number of rotatable bonds is 4. The van der Waals surface area contributed by atoms with Crippen LogP contribution in [-0.4, -0.2) is 51.1 Å². The van der Waals surface area contributed by atoms with Gasteiger partial charge in [-0.2, -0.15) is 0 Å². The Bertz CT molecular complexity index is 1080. The molecule has 2 aliphatic rings. The van der Waals surface area contributed by atoms with Crippen LogP contribution in [-0.2, 0) is 6.54 Å². The van der Waals surface area contributed by atoms with Crippen LogP contribution in [0.4, 0.5) is 5.13 Å². The third kappa shape index (κ3) is 4.34. The number of carbonyl (C=O) groups excluding carboxylic acids is 3. The second kappa shape index (κ2) is 8.41. The van der Waals surface area contributed by atoms with E-state index in [-0.39, 0.29) is 23.3 Å². The molecule has 3 amide bonds. The lowest BCUT2D eigenvalue weighted by Crippen LogP contribution is -2.45. The Morgan fingerprint density at radius 2 is 1.81 bits per heavy atom. The number of hydrogen-bond donors (Lipinski definition) is 1. The summed E-state index contributed by atoms with van der Waals surface area (Å²) in [7, 11) is 0. The number of likely N-dealkylation sites (tertiary alicyclic amines) is 1. The first-order valence-corrected chi connectivity index (χ1v) is 11.9. The molecule has 2 aromatic rings. The van der Waals surface area contributed by atoms with Crippen molar-refractivity contribution in [1.29, 1.82) is 0 Å². The van der Waals surface area contributed by atoms with Gasteiger partial charge in [-0.1, -0.05) is 6.92 Å². The van der Waals surface area contributed by atoms with Gasteiger partial charge < -0.3 is 0 Å². The second-order valence-corrected chi connectivity index (χ2v) is 10.9. The summed E-state index contributed by atoms with van der Waals surface area (Å²) in [5, 5.41) is 3.41. The molecule has 1 N–H and O–H groups in total. The number of thiazole rings is 1. The Labute approximate surface area is 192 Å². The summed E-state index contributed by atoms with van der Waals surface area (Å²) in [5.41, 5.74) is 1.24. The summed E-state index contributed by atoms with van der Waals surface area (Å²) < 4.78 is 0. The average Bonchev–Trinajstić information content (AvgIpc) is 3.19. The van der Waals surface area contributed by atoms with Crippen LogP contribution in [0, 0.1) is 12.8 Å². The molecule has 0 unspecified atom stereocenters. The highest BCUT2D eigenvalue weighted by Gasteiger charge is 2.42. The van der Waals surface area contributed by atoms with E-state index in [1.807, 2.05) is 27.7 Å². The van der Waals surface area contributed by atoms with Crippen molar-refractivity contribution in [3.63, 3.8) is 0 Å². The lowest BCUT2D eigenvalue weighted by molar-refractivity contribution is 0.0507. The van der Waals surface area contributed by atoms with Gasteiger partial charge in [-0.15, -0.1) is 11.3 Å². The van der Waals surface area contributed by atoms with Gasteiger partial charge in [0, 0.05) is 22.5 Å². The number of nitrogens with zero attached hydrogens (tertiary/aromatic N) is 3.